The van der Waals surface area contributed by atoms with Crippen molar-refractivity contribution in [1.82, 2.24) is 4.31 Å². The quantitative estimate of drug-likeness (QED) is 0.826. The van der Waals surface area contributed by atoms with Gasteiger partial charge in [-0.25, -0.2) is 8.42 Å². The van der Waals surface area contributed by atoms with Crippen LogP contribution >= 0.6 is 11.6 Å². The first-order chi connectivity index (χ1) is 8.00. The normalized spacial score (nSPS) is 22.6. The van der Waals surface area contributed by atoms with Crippen LogP contribution in [0.25, 0.3) is 0 Å². The summed E-state index contributed by atoms with van der Waals surface area (Å²) in [6.45, 7) is 3.10. The van der Waals surface area contributed by atoms with Crippen molar-refractivity contribution in [3.05, 3.63) is 29.3 Å². The van der Waals surface area contributed by atoms with Crippen LogP contribution < -0.4 is 0 Å². The summed E-state index contributed by atoms with van der Waals surface area (Å²) in [7, 11) is -3.42. The first-order valence-electron chi connectivity index (χ1n) is 5.37. The molecule has 1 aromatic carbocycles. The third kappa shape index (κ3) is 2.80. The molecule has 0 N–H and O–H groups in total. The molecular weight excluding hydrogens is 262 g/mol. The minimum atomic E-state index is -3.42. The van der Waals surface area contributed by atoms with Crippen molar-refractivity contribution in [1.29, 1.82) is 0 Å². The molecule has 1 aliphatic rings. The van der Waals surface area contributed by atoms with Crippen LogP contribution in [0.4, 0.5) is 0 Å². The zero-order valence-corrected chi connectivity index (χ0v) is 11.0. The molecule has 17 heavy (non-hydrogen) atoms. The number of morpholine rings is 1. The van der Waals surface area contributed by atoms with Gasteiger partial charge in [-0.1, -0.05) is 11.6 Å². The lowest BCUT2D eigenvalue weighted by Gasteiger charge is -2.30. The van der Waals surface area contributed by atoms with Gasteiger partial charge in [-0.2, -0.15) is 4.31 Å². The molecule has 0 aromatic heterocycles. The molecule has 1 aromatic rings. The SMILES string of the molecule is C[C@@H]1CN(S(=O)(=O)c2ccc(Cl)cc2)CCO1. The Labute approximate surface area is 106 Å². The standard InChI is InChI=1S/C11H14ClNO3S/c1-9-8-13(6-7-16-9)17(14,15)11-4-2-10(12)3-5-11/h2-5,9H,6-8H2,1H3/t9-/m1/s1. The van der Waals surface area contributed by atoms with Gasteiger partial charge in [0, 0.05) is 18.1 Å². The summed E-state index contributed by atoms with van der Waals surface area (Å²) in [5, 5.41) is 0.527. The summed E-state index contributed by atoms with van der Waals surface area (Å²) >= 11 is 5.74. The van der Waals surface area contributed by atoms with Crippen LogP contribution in [0.5, 0.6) is 0 Å². The largest absolute Gasteiger partial charge is 0.376 e. The van der Waals surface area contributed by atoms with Crippen molar-refractivity contribution in [2.24, 2.45) is 0 Å². The molecule has 0 unspecified atom stereocenters. The summed E-state index contributed by atoms with van der Waals surface area (Å²) in [6.07, 6.45) is -0.0641. The van der Waals surface area contributed by atoms with Crippen LogP contribution in [0.3, 0.4) is 0 Å². The fourth-order valence-corrected chi connectivity index (χ4v) is 3.39. The van der Waals surface area contributed by atoms with E-state index in [0.717, 1.165) is 0 Å². The van der Waals surface area contributed by atoms with Gasteiger partial charge in [0.15, 0.2) is 0 Å². The molecular formula is C11H14ClNO3S. The van der Waals surface area contributed by atoms with Crippen LogP contribution in [0.2, 0.25) is 5.02 Å². The monoisotopic (exact) mass is 275 g/mol. The van der Waals surface area contributed by atoms with Crippen molar-refractivity contribution >= 4 is 21.6 Å². The molecule has 0 aliphatic carbocycles. The van der Waals surface area contributed by atoms with E-state index in [1.165, 1.54) is 16.4 Å². The molecule has 6 heteroatoms. The lowest BCUT2D eigenvalue weighted by molar-refractivity contribution is 0.0102. The van der Waals surface area contributed by atoms with Gasteiger partial charge in [0.2, 0.25) is 10.0 Å². The third-order valence-corrected chi connectivity index (χ3v) is 4.79. The zero-order chi connectivity index (χ0) is 12.5. The number of hydrogen-bond acceptors (Lipinski definition) is 3. The molecule has 2 rings (SSSR count). The fraction of sp³-hybridized carbons (Fsp3) is 0.455. The number of sulfonamides is 1. The molecule has 1 aliphatic heterocycles. The molecule has 0 radical (unpaired) electrons. The van der Waals surface area contributed by atoms with Crippen molar-refractivity contribution in [3.8, 4) is 0 Å². The second-order valence-corrected chi connectivity index (χ2v) is 6.37. The lowest BCUT2D eigenvalue weighted by atomic mass is 10.3. The molecule has 1 fully saturated rings. The van der Waals surface area contributed by atoms with E-state index in [4.69, 9.17) is 16.3 Å². The number of nitrogens with zero attached hydrogens (tertiary/aromatic N) is 1. The second-order valence-electron chi connectivity index (χ2n) is 4.00. The predicted octanol–water partition coefficient (Wildman–Crippen LogP) is 1.75. The Morgan fingerprint density at radius 1 is 1.35 bits per heavy atom. The van der Waals surface area contributed by atoms with E-state index in [0.29, 0.717) is 24.7 Å². The van der Waals surface area contributed by atoms with Crippen molar-refractivity contribution in [3.63, 3.8) is 0 Å². The summed E-state index contributed by atoms with van der Waals surface area (Å²) in [5.41, 5.74) is 0. The summed E-state index contributed by atoms with van der Waals surface area (Å²) in [6, 6.07) is 6.21. The van der Waals surface area contributed by atoms with E-state index < -0.39 is 10.0 Å². The van der Waals surface area contributed by atoms with E-state index in [-0.39, 0.29) is 11.0 Å². The highest BCUT2D eigenvalue weighted by Crippen LogP contribution is 2.20. The van der Waals surface area contributed by atoms with Crippen molar-refractivity contribution < 1.29 is 13.2 Å². The zero-order valence-electron chi connectivity index (χ0n) is 9.47. The first-order valence-corrected chi connectivity index (χ1v) is 7.19. The van der Waals surface area contributed by atoms with E-state index >= 15 is 0 Å². The van der Waals surface area contributed by atoms with Gasteiger partial charge in [0.05, 0.1) is 17.6 Å². The minimum absolute atomic E-state index is 0.0641. The maximum absolute atomic E-state index is 12.3. The Morgan fingerprint density at radius 2 is 2.00 bits per heavy atom. The van der Waals surface area contributed by atoms with Crippen LogP contribution in [-0.4, -0.2) is 38.5 Å². The van der Waals surface area contributed by atoms with Crippen molar-refractivity contribution in [2.75, 3.05) is 19.7 Å². The number of hydrogen-bond donors (Lipinski definition) is 0. The highest BCUT2D eigenvalue weighted by atomic mass is 35.5. The Kier molecular flexibility index (Phi) is 3.73. The van der Waals surface area contributed by atoms with Gasteiger partial charge in [0.1, 0.15) is 0 Å². The molecule has 1 saturated heterocycles. The van der Waals surface area contributed by atoms with Gasteiger partial charge in [-0.3, -0.25) is 0 Å². The first kappa shape index (κ1) is 12.8. The van der Waals surface area contributed by atoms with Gasteiger partial charge >= 0.3 is 0 Å². The van der Waals surface area contributed by atoms with E-state index in [1.807, 2.05) is 6.92 Å². The smallest absolute Gasteiger partial charge is 0.243 e. The van der Waals surface area contributed by atoms with Crippen LogP contribution in [-0.2, 0) is 14.8 Å². The predicted molar refractivity (Wildman–Crippen MR) is 65.6 cm³/mol. The molecule has 0 saturated carbocycles. The molecule has 4 nitrogen and oxygen atoms in total. The van der Waals surface area contributed by atoms with Gasteiger partial charge in [0.25, 0.3) is 0 Å². The number of ether oxygens (including phenoxy) is 1. The van der Waals surface area contributed by atoms with Crippen molar-refractivity contribution in [2.45, 2.75) is 17.9 Å². The second kappa shape index (κ2) is 4.94. The topological polar surface area (TPSA) is 46.6 Å². The molecule has 1 heterocycles. The summed E-state index contributed by atoms with van der Waals surface area (Å²) in [5.74, 6) is 0. The molecule has 0 amide bonds. The van der Waals surface area contributed by atoms with Crippen LogP contribution in [0, 0.1) is 0 Å². The number of halogens is 1. The lowest BCUT2D eigenvalue weighted by Crippen LogP contribution is -2.44. The molecule has 94 valence electrons. The summed E-state index contributed by atoms with van der Waals surface area (Å²) in [4.78, 5) is 0.274. The Hall–Kier alpha value is -0.620. The van der Waals surface area contributed by atoms with E-state index in [1.54, 1.807) is 12.1 Å². The van der Waals surface area contributed by atoms with Gasteiger partial charge < -0.3 is 4.74 Å². The maximum Gasteiger partial charge on any atom is 0.243 e. The minimum Gasteiger partial charge on any atom is -0.376 e. The van der Waals surface area contributed by atoms with E-state index in [2.05, 4.69) is 0 Å². The average Bonchev–Trinajstić information content (AvgIpc) is 2.29. The Balaban J connectivity index is 2.26. The Morgan fingerprint density at radius 3 is 2.59 bits per heavy atom. The van der Waals surface area contributed by atoms with Crippen LogP contribution in [0.1, 0.15) is 6.92 Å². The van der Waals surface area contributed by atoms with Gasteiger partial charge in [-0.05, 0) is 31.2 Å². The highest BCUT2D eigenvalue weighted by Gasteiger charge is 2.28. The summed E-state index contributed by atoms with van der Waals surface area (Å²) < 4.78 is 31.3. The molecule has 0 bridgehead atoms. The molecule has 1 atom stereocenters. The van der Waals surface area contributed by atoms with Crippen LogP contribution in [0.15, 0.2) is 29.2 Å². The number of benzene rings is 1. The highest BCUT2D eigenvalue weighted by molar-refractivity contribution is 7.89. The molecule has 0 spiro atoms. The van der Waals surface area contributed by atoms with Gasteiger partial charge in [-0.15, -0.1) is 0 Å². The maximum atomic E-state index is 12.3. The fourth-order valence-electron chi connectivity index (χ4n) is 1.76. The van der Waals surface area contributed by atoms with E-state index in [9.17, 15) is 8.42 Å². The Bertz CT molecular complexity index is 486. The third-order valence-electron chi connectivity index (χ3n) is 2.66. The number of rotatable bonds is 2. The average molecular weight is 276 g/mol.